The van der Waals surface area contributed by atoms with Gasteiger partial charge in [-0.2, -0.15) is 28.2 Å². The fourth-order valence-electron chi connectivity index (χ4n) is 7.39. The third-order valence-corrected chi connectivity index (χ3v) is 9.42. The van der Waals surface area contributed by atoms with Crippen molar-refractivity contribution in [1.82, 2.24) is 24.6 Å². The molecule has 44 heavy (non-hydrogen) atoms. The summed E-state index contributed by atoms with van der Waals surface area (Å²) in [5.41, 5.74) is 6.18. The normalized spacial score (nSPS) is 25.5. The van der Waals surface area contributed by atoms with E-state index in [1.165, 1.54) is 0 Å². The Labute approximate surface area is 251 Å². The number of ether oxygens (including phenoxy) is 2. The number of nitrogens with two attached hydrogens (primary N) is 1. The summed E-state index contributed by atoms with van der Waals surface area (Å²) in [6.45, 7) is 2.40. The first-order valence-electron chi connectivity index (χ1n) is 15.0. The van der Waals surface area contributed by atoms with Crippen LogP contribution in [0.5, 0.6) is 6.01 Å². The fraction of sp³-hybridized carbons (Fsp3) is 0.567. The Kier molecular flexibility index (Phi) is 7.19. The number of rotatable bonds is 5. The first kappa shape index (κ1) is 29.2. The number of hydrogen-bond acceptors (Lipinski definition) is 8. The predicted molar refractivity (Wildman–Crippen MR) is 150 cm³/mol. The minimum atomic E-state index is -4.81. The number of aryl methyl sites for hydroxylation is 2. The highest BCUT2D eigenvalue weighted by molar-refractivity contribution is 5.53. The van der Waals surface area contributed by atoms with Gasteiger partial charge in [0.05, 0.1) is 40.9 Å². The highest BCUT2D eigenvalue weighted by atomic mass is 19.4. The van der Waals surface area contributed by atoms with Gasteiger partial charge in [0.1, 0.15) is 18.6 Å². The van der Waals surface area contributed by atoms with Crippen molar-refractivity contribution in [2.45, 2.75) is 75.7 Å². The van der Waals surface area contributed by atoms with Crippen LogP contribution in [-0.2, 0) is 44.0 Å². The third kappa shape index (κ3) is 5.15. The Bertz CT molecular complexity index is 1580. The van der Waals surface area contributed by atoms with Crippen LogP contribution >= 0.6 is 0 Å². The maximum atomic E-state index is 15.2. The summed E-state index contributed by atoms with van der Waals surface area (Å²) in [5, 5.41) is 4.58. The number of aromatic nitrogens is 4. The van der Waals surface area contributed by atoms with Crippen molar-refractivity contribution in [3.8, 4) is 6.01 Å². The molecule has 2 fully saturated rings. The Morgan fingerprint density at radius 2 is 2.00 bits per heavy atom. The van der Waals surface area contributed by atoms with Crippen molar-refractivity contribution in [3.63, 3.8) is 0 Å². The van der Waals surface area contributed by atoms with Crippen LogP contribution in [-0.4, -0.2) is 62.6 Å². The molecule has 3 atom stereocenters. The van der Waals surface area contributed by atoms with Gasteiger partial charge in [0, 0.05) is 62.4 Å². The lowest BCUT2D eigenvalue weighted by Crippen LogP contribution is -2.43. The monoisotopic (exact) mass is 619 g/mol. The van der Waals surface area contributed by atoms with Crippen LogP contribution in [0.25, 0.3) is 0 Å². The van der Waals surface area contributed by atoms with Crippen LogP contribution in [0.15, 0.2) is 18.3 Å². The van der Waals surface area contributed by atoms with Gasteiger partial charge in [-0.25, -0.2) is 8.78 Å². The molecule has 0 bridgehead atoms. The fourth-order valence-corrected chi connectivity index (χ4v) is 7.39. The first-order chi connectivity index (χ1) is 21.0. The summed E-state index contributed by atoms with van der Waals surface area (Å²) >= 11 is 0. The summed E-state index contributed by atoms with van der Waals surface area (Å²) in [6.07, 6.45) is -1.49. The summed E-state index contributed by atoms with van der Waals surface area (Å²) in [6, 6.07) is 1.75. The van der Waals surface area contributed by atoms with Gasteiger partial charge in [-0.1, -0.05) is 0 Å². The molecule has 0 radical (unpaired) electrons. The van der Waals surface area contributed by atoms with Gasteiger partial charge in [0.15, 0.2) is 5.82 Å². The van der Waals surface area contributed by atoms with Crippen LogP contribution in [0.4, 0.5) is 33.5 Å². The zero-order valence-electron chi connectivity index (χ0n) is 24.3. The molecular weight excluding hydrogens is 585 g/mol. The highest BCUT2D eigenvalue weighted by Crippen LogP contribution is 2.44. The SMILES string of the molecule is Cn1cc2c(n1)CCCN(c1nc(OC[C@@]34CCCN3C[C@H](F)C4)nc3c1COC(c1c(C(F)(F)F)ccc(N)c1F)C3)C2. The van der Waals surface area contributed by atoms with Crippen LogP contribution in [0.3, 0.4) is 0 Å². The molecule has 9 nitrogen and oxygen atoms in total. The molecule has 3 aromatic rings. The number of hydrogen-bond donors (Lipinski definition) is 1. The van der Waals surface area contributed by atoms with E-state index in [4.69, 9.17) is 20.2 Å². The van der Waals surface area contributed by atoms with Crippen molar-refractivity contribution < 1.29 is 31.4 Å². The summed E-state index contributed by atoms with van der Waals surface area (Å²) in [7, 11) is 1.87. The van der Waals surface area contributed by atoms with Gasteiger partial charge in [-0.15, -0.1) is 0 Å². The van der Waals surface area contributed by atoms with Crippen LogP contribution in [0, 0.1) is 5.82 Å². The molecule has 7 rings (SSSR count). The van der Waals surface area contributed by atoms with Gasteiger partial charge < -0.3 is 20.1 Å². The zero-order chi connectivity index (χ0) is 30.8. The number of fused-ring (bicyclic) bond motifs is 3. The largest absolute Gasteiger partial charge is 0.461 e. The Morgan fingerprint density at radius 1 is 1.16 bits per heavy atom. The first-order valence-corrected chi connectivity index (χ1v) is 15.0. The van der Waals surface area contributed by atoms with Gasteiger partial charge >= 0.3 is 12.2 Å². The molecule has 14 heteroatoms. The Morgan fingerprint density at radius 3 is 2.82 bits per heavy atom. The average Bonchev–Trinajstić information content (AvgIpc) is 3.57. The van der Waals surface area contributed by atoms with Crippen molar-refractivity contribution in [3.05, 3.63) is 57.8 Å². The van der Waals surface area contributed by atoms with E-state index < -0.39 is 46.6 Å². The number of nitrogens with zero attached hydrogens (tertiary/aromatic N) is 6. The van der Waals surface area contributed by atoms with Crippen molar-refractivity contribution >= 4 is 11.5 Å². The molecule has 2 aromatic heterocycles. The molecule has 0 amide bonds. The number of anilines is 2. The summed E-state index contributed by atoms with van der Waals surface area (Å²) in [5.74, 6) is -0.599. The van der Waals surface area contributed by atoms with Gasteiger partial charge in [-0.05, 0) is 44.4 Å². The van der Waals surface area contributed by atoms with Gasteiger partial charge in [0.2, 0.25) is 0 Å². The lowest BCUT2D eigenvalue weighted by Gasteiger charge is -2.33. The van der Waals surface area contributed by atoms with Crippen LogP contribution < -0.4 is 15.4 Å². The quantitative estimate of drug-likeness (QED) is 0.326. The van der Waals surface area contributed by atoms with E-state index in [2.05, 4.69) is 19.9 Å². The molecule has 236 valence electrons. The minimum Gasteiger partial charge on any atom is -0.461 e. The van der Waals surface area contributed by atoms with Crippen LogP contribution in [0.2, 0.25) is 0 Å². The van der Waals surface area contributed by atoms with Gasteiger partial charge in [-0.3, -0.25) is 9.58 Å². The number of benzene rings is 1. The second-order valence-electron chi connectivity index (χ2n) is 12.4. The smallest absolute Gasteiger partial charge is 0.416 e. The van der Waals surface area contributed by atoms with E-state index in [0.717, 1.165) is 55.6 Å². The Balaban J connectivity index is 1.26. The lowest BCUT2D eigenvalue weighted by atomic mass is 9.94. The van der Waals surface area contributed by atoms with E-state index >= 15 is 4.39 Å². The topological polar surface area (TPSA) is 94.6 Å². The Hall–Kier alpha value is -3.52. The molecule has 4 aliphatic heterocycles. The lowest BCUT2D eigenvalue weighted by molar-refractivity contribution is -0.140. The zero-order valence-corrected chi connectivity index (χ0v) is 24.3. The van der Waals surface area contributed by atoms with Gasteiger partial charge in [0.25, 0.3) is 0 Å². The molecule has 4 aliphatic rings. The maximum Gasteiger partial charge on any atom is 0.416 e. The number of halogens is 5. The molecule has 1 aromatic carbocycles. The molecule has 2 saturated heterocycles. The molecule has 2 N–H and O–H groups in total. The summed E-state index contributed by atoms with van der Waals surface area (Å²) < 4.78 is 85.5. The van der Waals surface area contributed by atoms with E-state index in [1.54, 1.807) is 4.68 Å². The number of alkyl halides is 4. The van der Waals surface area contributed by atoms with E-state index in [9.17, 15) is 17.6 Å². The third-order valence-electron chi connectivity index (χ3n) is 9.42. The summed E-state index contributed by atoms with van der Waals surface area (Å²) in [4.78, 5) is 13.7. The molecule has 1 unspecified atom stereocenters. The standard InChI is InChI=1S/C30H34F5N7O2/c1-40-12-17-13-41(8-2-4-22(17)39-40)27-19-15-43-24(25-20(30(33,34)35)5-6-21(36)26(25)32)10-23(19)37-28(38-27)44-16-29-7-3-9-42(29)14-18(31)11-29/h5-6,12,18,24H,2-4,7-11,13-16,36H2,1H3/t18-,24?,29+/m1/s1. The van der Waals surface area contributed by atoms with E-state index in [-0.39, 0.29) is 25.6 Å². The molecule has 6 heterocycles. The van der Waals surface area contributed by atoms with Crippen molar-refractivity contribution in [1.29, 1.82) is 0 Å². The molecule has 0 saturated carbocycles. The average molecular weight is 620 g/mol. The second kappa shape index (κ2) is 10.8. The second-order valence-corrected chi connectivity index (χ2v) is 12.4. The molecular formula is C30H34F5N7O2. The highest BCUT2D eigenvalue weighted by Gasteiger charge is 2.49. The molecule has 0 aliphatic carbocycles. The van der Waals surface area contributed by atoms with E-state index in [1.807, 2.05) is 13.2 Å². The van der Waals surface area contributed by atoms with Crippen molar-refractivity contribution in [2.24, 2.45) is 7.05 Å². The maximum absolute atomic E-state index is 15.2. The minimum absolute atomic E-state index is 0.0580. The molecule has 0 spiro atoms. The van der Waals surface area contributed by atoms with E-state index in [0.29, 0.717) is 43.1 Å². The van der Waals surface area contributed by atoms with Crippen molar-refractivity contribution in [2.75, 3.05) is 36.9 Å². The predicted octanol–water partition coefficient (Wildman–Crippen LogP) is 4.67. The van der Waals surface area contributed by atoms with Crippen LogP contribution in [0.1, 0.15) is 65.4 Å². The number of nitrogen functional groups attached to an aromatic ring is 1.